The van der Waals surface area contributed by atoms with Gasteiger partial charge in [-0.05, 0) is 49.8 Å². The summed E-state index contributed by atoms with van der Waals surface area (Å²) in [6.07, 6.45) is 4.85. The minimum Gasteiger partial charge on any atom is -0.388 e. The number of nitrogens with one attached hydrogen (secondary N) is 1. The first kappa shape index (κ1) is 14.4. The summed E-state index contributed by atoms with van der Waals surface area (Å²) in [4.78, 5) is 11.6. The number of hydrogen-bond acceptors (Lipinski definition) is 2. The number of halogens is 1. The van der Waals surface area contributed by atoms with Crippen LogP contribution in [0.15, 0.2) is 24.3 Å². The highest BCUT2D eigenvalue weighted by Crippen LogP contribution is 2.30. The van der Waals surface area contributed by atoms with Gasteiger partial charge in [-0.1, -0.05) is 23.7 Å². The highest BCUT2D eigenvalue weighted by molar-refractivity contribution is 6.30. The molecule has 0 saturated heterocycles. The summed E-state index contributed by atoms with van der Waals surface area (Å²) < 4.78 is 0. The number of hydrogen-bond donors (Lipinski definition) is 2. The third-order valence-corrected chi connectivity index (χ3v) is 3.93. The van der Waals surface area contributed by atoms with E-state index in [4.69, 9.17) is 11.6 Å². The first-order chi connectivity index (χ1) is 9.07. The van der Waals surface area contributed by atoms with Gasteiger partial charge in [-0.25, -0.2) is 0 Å². The second-order valence-electron chi connectivity index (χ2n) is 5.33. The van der Waals surface area contributed by atoms with Crippen LogP contribution in [0.25, 0.3) is 0 Å². The highest BCUT2D eigenvalue weighted by Gasteiger charge is 2.34. The van der Waals surface area contributed by atoms with Crippen molar-refractivity contribution in [1.82, 2.24) is 5.32 Å². The van der Waals surface area contributed by atoms with Gasteiger partial charge in [-0.3, -0.25) is 4.79 Å². The van der Waals surface area contributed by atoms with Crippen molar-refractivity contribution in [3.05, 3.63) is 34.9 Å². The average Bonchev–Trinajstić information content (AvgIpc) is 2.36. The first-order valence-electron chi connectivity index (χ1n) is 6.81. The van der Waals surface area contributed by atoms with Gasteiger partial charge < -0.3 is 10.4 Å². The molecule has 0 aliphatic heterocycles. The van der Waals surface area contributed by atoms with Gasteiger partial charge in [-0.2, -0.15) is 0 Å². The summed E-state index contributed by atoms with van der Waals surface area (Å²) in [5.41, 5.74) is 0.557. The van der Waals surface area contributed by atoms with Crippen LogP contribution in [0, 0.1) is 0 Å². The molecule has 0 unspecified atom stereocenters. The molecule has 1 fully saturated rings. The number of aliphatic hydroxyl groups is 1. The zero-order valence-corrected chi connectivity index (χ0v) is 11.7. The van der Waals surface area contributed by atoms with Gasteiger partial charge in [0.25, 0.3) is 0 Å². The molecular weight excluding hydrogens is 262 g/mol. The quantitative estimate of drug-likeness (QED) is 0.842. The predicted molar refractivity (Wildman–Crippen MR) is 76.2 cm³/mol. The van der Waals surface area contributed by atoms with E-state index in [0.717, 1.165) is 37.1 Å². The third-order valence-electron chi connectivity index (χ3n) is 3.68. The normalized spacial score (nSPS) is 16.7. The van der Waals surface area contributed by atoms with Crippen LogP contribution < -0.4 is 5.32 Å². The van der Waals surface area contributed by atoms with Crippen molar-refractivity contribution in [2.75, 3.05) is 6.54 Å². The molecule has 2 N–H and O–H groups in total. The lowest BCUT2D eigenvalue weighted by molar-refractivity contribution is -0.123. The summed E-state index contributed by atoms with van der Waals surface area (Å²) in [6, 6.07) is 7.70. The van der Waals surface area contributed by atoms with E-state index in [9.17, 15) is 9.90 Å². The zero-order valence-electron chi connectivity index (χ0n) is 11.0. The predicted octanol–water partition coefficient (Wildman–Crippen LogP) is 2.69. The lowest BCUT2D eigenvalue weighted by atomic mass is 9.80. The third kappa shape index (κ3) is 4.51. The molecule has 0 radical (unpaired) electrons. The topological polar surface area (TPSA) is 49.3 Å². The molecule has 0 atom stereocenters. The van der Waals surface area contributed by atoms with Gasteiger partial charge in [0.05, 0.1) is 5.60 Å². The van der Waals surface area contributed by atoms with E-state index in [2.05, 4.69) is 5.32 Å². The van der Waals surface area contributed by atoms with Crippen molar-refractivity contribution < 1.29 is 9.90 Å². The maximum Gasteiger partial charge on any atom is 0.220 e. The van der Waals surface area contributed by atoms with Crippen molar-refractivity contribution in [3.63, 3.8) is 0 Å². The first-order valence-corrected chi connectivity index (χ1v) is 7.19. The molecule has 3 nitrogen and oxygen atoms in total. The molecule has 1 aliphatic rings. The van der Waals surface area contributed by atoms with Gasteiger partial charge in [0.1, 0.15) is 0 Å². The fourth-order valence-electron chi connectivity index (χ4n) is 2.22. The largest absolute Gasteiger partial charge is 0.388 e. The van der Waals surface area contributed by atoms with Gasteiger partial charge in [0.15, 0.2) is 0 Å². The molecule has 104 valence electrons. The Balaban J connectivity index is 1.62. The van der Waals surface area contributed by atoms with E-state index in [-0.39, 0.29) is 5.91 Å². The van der Waals surface area contributed by atoms with Crippen molar-refractivity contribution in [2.45, 2.75) is 44.1 Å². The van der Waals surface area contributed by atoms with Crippen molar-refractivity contribution in [3.8, 4) is 0 Å². The Kier molecular flexibility index (Phi) is 4.83. The number of carbonyl (C=O) groups excluding carboxylic acids is 1. The molecular formula is C15H20ClNO2. The molecule has 0 spiro atoms. The van der Waals surface area contributed by atoms with Crippen LogP contribution in [-0.4, -0.2) is 23.2 Å². The smallest absolute Gasteiger partial charge is 0.220 e. The van der Waals surface area contributed by atoms with Crippen molar-refractivity contribution >= 4 is 17.5 Å². The van der Waals surface area contributed by atoms with E-state index in [0.29, 0.717) is 13.0 Å². The SMILES string of the molecule is O=C(CCCc1ccc(Cl)cc1)NCC1(O)CCC1. The highest BCUT2D eigenvalue weighted by atomic mass is 35.5. The van der Waals surface area contributed by atoms with E-state index in [1.165, 1.54) is 5.56 Å². The van der Waals surface area contributed by atoms with Crippen LogP contribution in [-0.2, 0) is 11.2 Å². The summed E-state index contributed by atoms with van der Waals surface area (Å²) >= 11 is 5.81. The molecule has 1 aliphatic carbocycles. The number of benzene rings is 1. The minimum absolute atomic E-state index is 0.0225. The zero-order chi connectivity index (χ0) is 13.7. The molecule has 0 heterocycles. The van der Waals surface area contributed by atoms with Crippen LogP contribution in [0.1, 0.15) is 37.7 Å². The number of carbonyl (C=O) groups is 1. The Morgan fingerprint density at radius 3 is 2.58 bits per heavy atom. The fourth-order valence-corrected chi connectivity index (χ4v) is 2.34. The molecule has 1 amide bonds. The van der Waals surface area contributed by atoms with E-state index >= 15 is 0 Å². The molecule has 1 saturated carbocycles. The Morgan fingerprint density at radius 2 is 2.00 bits per heavy atom. The standard InChI is InChI=1S/C15H20ClNO2/c16-13-7-5-12(6-8-13)3-1-4-14(18)17-11-15(19)9-2-10-15/h5-8,19H,1-4,9-11H2,(H,17,18). The Bertz CT molecular complexity index is 426. The van der Waals surface area contributed by atoms with Gasteiger partial charge in [-0.15, -0.1) is 0 Å². The lowest BCUT2D eigenvalue weighted by Gasteiger charge is -2.36. The summed E-state index contributed by atoms with van der Waals surface area (Å²) in [7, 11) is 0. The van der Waals surface area contributed by atoms with Crippen LogP contribution in [0.2, 0.25) is 5.02 Å². The van der Waals surface area contributed by atoms with E-state index in [1.54, 1.807) is 0 Å². The van der Waals surface area contributed by atoms with Crippen LogP contribution in [0.4, 0.5) is 0 Å². The number of aryl methyl sites for hydroxylation is 1. The lowest BCUT2D eigenvalue weighted by Crippen LogP contribution is -2.47. The summed E-state index contributed by atoms with van der Waals surface area (Å²) in [5.74, 6) is 0.0225. The van der Waals surface area contributed by atoms with Gasteiger partial charge in [0, 0.05) is 18.0 Å². The van der Waals surface area contributed by atoms with Gasteiger partial charge in [0.2, 0.25) is 5.91 Å². The summed E-state index contributed by atoms with van der Waals surface area (Å²) in [6.45, 7) is 0.396. The Hall–Kier alpha value is -1.06. The summed E-state index contributed by atoms with van der Waals surface area (Å²) in [5, 5.41) is 13.4. The molecule has 1 aromatic rings. The van der Waals surface area contributed by atoms with Crippen molar-refractivity contribution in [2.24, 2.45) is 0 Å². The second kappa shape index (κ2) is 6.40. The molecule has 0 bridgehead atoms. The number of amides is 1. The Morgan fingerprint density at radius 1 is 1.32 bits per heavy atom. The van der Waals surface area contributed by atoms with E-state index in [1.807, 2.05) is 24.3 Å². The van der Waals surface area contributed by atoms with Crippen LogP contribution in [0.5, 0.6) is 0 Å². The molecule has 1 aromatic carbocycles. The van der Waals surface area contributed by atoms with Crippen LogP contribution in [0.3, 0.4) is 0 Å². The molecule has 4 heteroatoms. The van der Waals surface area contributed by atoms with Crippen LogP contribution >= 0.6 is 11.6 Å². The van der Waals surface area contributed by atoms with E-state index < -0.39 is 5.60 Å². The van der Waals surface area contributed by atoms with Crippen molar-refractivity contribution in [1.29, 1.82) is 0 Å². The molecule has 19 heavy (non-hydrogen) atoms. The number of rotatable bonds is 6. The Labute approximate surface area is 119 Å². The minimum atomic E-state index is -0.633. The monoisotopic (exact) mass is 281 g/mol. The molecule has 0 aromatic heterocycles. The maximum atomic E-state index is 11.6. The molecule has 2 rings (SSSR count). The fraction of sp³-hybridized carbons (Fsp3) is 0.533. The maximum absolute atomic E-state index is 11.6. The average molecular weight is 282 g/mol. The van der Waals surface area contributed by atoms with Gasteiger partial charge >= 0.3 is 0 Å². The second-order valence-corrected chi connectivity index (χ2v) is 5.77.